The van der Waals surface area contributed by atoms with E-state index in [1.165, 1.54) is 13.2 Å². The fourth-order valence-electron chi connectivity index (χ4n) is 3.48. The van der Waals surface area contributed by atoms with Crippen LogP contribution in [0.2, 0.25) is 0 Å². The Labute approximate surface area is 161 Å². The van der Waals surface area contributed by atoms with Crippen molar-refractivity contribution in [1.82, 2.24) is 24.4 Å². The van der Waals surface area contributed by atoms with E-state index < -0.39 is 0 Å². The van der Waals surface area contributed by atoms with Crippen LogP contribution in [0, 0.1) is 5.82 Å². The smallest absolute Gasteiger partial charge is 0.168 e. The van der Waals surface area contributed by atoms with Crippen LogP contribution in [0.5, 0.6) is 5.75 Å². The van der Waals surface area contributed by atoms with Crippen molar-refractivity contribution in [3.63, 3.8) is 0 Å². The number of halogens is 1. The van der Waals surface area contributed by atoms with E-state index in [0.29, 0.717) is 35.5 Å². The Morgan fingerprint density at radius 3 is 2.79 bits per heavy atom. The SMILES string of the molecule is COc1cccc(F)c1CCc1ccc(-c2cn(C)nc2CO)c2nncn12. The Kier molecular flexibility index (Phi) is 4.79. The minimum atomic E-state index is -0.279. The van der Waals surface area contributed by atoms with Gasteiger partial charge < -0.3 is 9.84 Å². The lowest BCUT2D eigenvalue weighted by atomic mass is 10.0. The van der Waals surface area contributed by atoms with Crippen molar-refractivity contribution >= 4 is 5.65 Å². The van der Waals surface area contributed by atoms with Gasteiger partial charge in [0.2, 0.25) is 0 Å². The second kappa shape index (κ2) is 7.40. The van der Waals surface area contributed by atoms with Crippen LogP contribution < -0.4 is 4.74 Å². The molecule has 3 aromatic heterocycles. The van der Waals surface area contributed by atoms with Crippen LogP contribution in [-0.2, 0) is 26.5 Å². The molecule has 0 fully saturated rings. The first-order valence-corrected chi connectivity index (χ1v) is 8.89. The summed E-state index contributed by atoms with van der Waals surface area (Å²) in [4.78, 5) is 0. The molecule has 0 atom stereocenters. The van der Waals surface area contributed by atoms with Crippen LogP contribution in [0.4, 0.5) is 4.39 Å². The number of hydrogen-bond donors (Lipinski definition) is 1. The van der Waals surface area contributed by atoms with E-state index in [1.807, 2.05) is 22.7 Å². The monoisotopic (exact) mass is 381 g/mol. The van der Waals surface area contributed by atoms with Gasteiger partial charge in [-0.05, 0) is 37.1 Å². The Balaban J connectivity index is 1.70. The number of ether oxygens (including phenoxy) is 1. The lowest BCUT2D eigenvalue weighted by molar-refractivity contribution is 0.276. The van der Waals surface area contributed by atoms with Crippen LogP contribution in [0.15, 0.2) is 42.9 Å². The molecule has 3 heterocycles. The summed E-state index contributed by atoms with van der Waals surface area (Å²) in [7, 11) is 3.34. The maximum absolute atomic E-state index is 14.2. The highest BCUT2D eigenvalue weighted by Gasteiger charge is 2.16. The Hall–Kier alpha value is -3.26. The second-order valence-corrected chi connectivity index (χ2v) is 6.50. The Morgan fingerprint density at radius 1 is 1.14 bits per heavy atom. The molecule has 28 heavy (non-hydrogen) atoms. The summed E-state index contributed by atoms with van der Waals surface area (Å²) < 4.78 is 23.1. The first-order valence-electron chi connectivity index (χ1n) is 8.89. The van der Waals surface area contributed by atoms with Crippen molar-refractivity contribution in [2.75, 3.05) is 7.11 Å². The van der Waals surface area contributed by atoms with Gasteiger partial charge in [0.15, 0.2) is 5.65 Å². The molecule has 0 bridgehead atoms. The third-order valence-electron chi connectivity index (χ3n) is 4.81. The van der Waals surface area contributed by atoms with E-state index in [0.717, 1.165) is 16.8 Å². The quantitative estimate of drug-likeness (QED) is 0.555. The first kappa shape index (κ1) is 18.1. The molecule has 8 heteroatoms. The minimum absolute atomic E-state index is 0.161. The van der Waals surface area contributed by atoms with Crippen LogP contribution in [0.3, 0.4) is 0 Å². The normalized spacial score (nSPS) is 11.3. The number of aryl methyl sites for hydroxylation is 2. The van der Waals surface area contributed by atoms with Gasteiger partial charge in [0.1, 0.15) is 17.9 Å². The maximum Gasteiger partial charge on any atom is 0.168 e. The van der Waals surface area contributed by atoms with Gasteiger partial charge in [0.05, 0.1) is 19.4 Å². The highest BCUT2D eigenvalue weighted by molar-refractivity contribution is 5.78. The van der Waals surface area contributed by atoms with Gasteiger partial charge in [-0.3, -0.25) is 9.08 Å². The van der Waals surface area contributed by atoms with Gasteiger partial charge in [0.25, 0.3) is 0 Å². The maximum atomic E-state index is 14.2. The van der Waals surface area contributed by atoms with E-state index in [2.05, 4.69) is 15.3 Å². The largest absolute Gasteiger partial charge is 0.496 e. The van der Waals surface area contributed by atoms with Gasteiger partial charge in [-0.1, -0.05) is 6.07 Å². The van der Waals surface area contributed by atoms with Crippen molar-refractivity contribution in [3.8, 4) is 16.9 Å². The highest BCUT2D eigenvalue weighted by Crippen LogP contribution is 2.28. The van der Waals surface area contributed by atoms with Crippen molar-refractivity contribution in [2.45, 2.75) is 19.4 Å². The van der Waals surface area contributed by atoms with Gasteiger partial charge in [-0.25, -0.2) is 4.39 Å². The zero-order chi connectivity index (χ0) is 19.7. The minimum Gasteiger partial charge on any atom is -0.496 e. The number of hydrogen-bond acceptors (Lipinski definition) is 5. The van der Waals surface area contributed by atoms with Crippen molar-refractivity contribution in [3.05, 3.63) is 65.6 Å². The van der Waals surface area contributed by atoms with Gasteiger partial charge >= 0.3 is 0 Å². The molecular weight excluding hydrogens is 361 g/mol. The average molecular weight is 381 g/mol. The van der Waals surface area contributed by atoms with E-state index in [1.54, 1.807) is 30.2 Å². The van der Waals surface area contributed by atoms with Gasteiger partial charge in [-0.15, -0.1) is 10.2 Å². The summed E-state index contributed by atoms with van der Waals surface area (Å²) >= 11 is 0. The number of benzene rings is 1. The van der Waals surface area contributed by atoms with E-state index in [-0.39, 0.29) is 12.4 Å². The molecule has 1 N–H and O–H groups in total. The molecule has 0 unspecified atom stereocenters. The third-order valence-corrected chi connectivity index (χ3v) is 4.81. The first-order chi connectivity index (χ1) is 13.6. The van der Waals surface area contributed by atoms with Gasteiger partial charge in [0, 0.05) is 35.6 Å². The number of nitrogens with zero attached hydrogens (tertiary/aromatic N) is 5. The van der Waals surface area contributed by atoms with E-state index in [9.17, 15) is 9.50 Å². The standard InChI is InChI=1S/C20H20FN5O2/c1-25-10-16(18(11-27)24-25)14-8-6-13(26-12-22-23-20(14)26)7-9-15-17(21)4-3-5-19(15)28-2/h3-6,8,10,12,27H,7,9,11H2,1-2H3. The number of rotatable bonds is 6. The topological polar surface area (TPSA) is 77.5 Å². The lowest BCUT2D eigenvalue weighted by Gasteiger charge is -2.11. The summed E-state index contributed by atoms with van der Waals surface area (Å²) in [5.41, 5.74) is 4.39. The van der Waals surface area contributed by atoms with Crippen LogP contribution in [0.1, 0.15) is 17.0 Å². The molecule has 0 aliphatic carbocycles. The molecule has 4 aromatic rings. The number of pyridine rings is 1. The fraction of sp³-hybridized carbons (Fsp3) is 0.250. The van der Waals surface area contributed by atoms with Crippen molar-refractivity contribution < 1.29 is 14.2 Å². The number of aliphatic hydroxyl groups is 1. The zero-order valence-corrected chi connectivity index (χ0v) is 15.6. The Bertz CT molecular complexity index is 1140. The molecule has 4 rings (SSSR count). The molecule has 0 aliphatic rings. The zero-order valence-electron chi connectivity index (χ0n) is 15.6. The van der Waals surface area contributed by atoms with Crippen molar-refractivity contribution in [1.29, 1.82) is 0 Å². The summed E-state index contributed by atoms with van der Waals surface area (Å²) in [5, 5.41) is 22.2. The Morgan fingerprint density at radius 2 is 2.00 bits per heavy atom. The number of aromatic nitrogens is 5. The molecule has 0 aliphatic heterocycles. The molecular formula is C20H20FN5O2. The van der Waals surface area contributed by atoms with E-state index >= 15 is 0 Å². The molecule has 144 valence electrons. The molecule has 0 radical (unpaired) electrons. The van der Waals surface area contributed by atoms with Crippen molar-refractivity contribution in [2.24, 2.45) is 7.05 Å². The predicted octanol–water partition coefficient (Wildman–Crippen LogP) is 2.56. The summed E-state index contributed by atoms with van der Waals surface area (Å²) in [6.45, 7) is -0.161. The van der Waals surface area contributed by atoms with Gasteiger partial charge in [-0.2, -0.15) is 5.10 Å². The van der Waals surface area contributed by atoms with E-state index in [4.69, 9.17) is 4.74 Å². The third kappa shape index (κ3) is 3.11. The van der Waals surface area contributed by atoms with Crippen LogP contribution >= 0.6 is 0 Å². The molecule has 0 amide bonds. The fourth-order valence-corrected chi connectivity index (χ4v) is 3.48. The van der Waals surface area contributed by atoms with Crippen LogP contribution in [0.25, 0.3) is 16.8 Å². The van der Waals surface area contributed by atoms with Crippen LogP contribution in [-0.4, -0.2) is 36.6 Å². The summed E-state index contributed by atoms with van der Waals surface area (Å²) in [6, 6.07) is 8.74. The lowest BCUT2D eigenvalue weighted by Crippen LogP contribution is -2.03. The molecule has 7 nitrogen and oxygen atoms in total. The summed E-state index contributed by atoms with van der Waals surface area (Å²) in [5.74, 6) is 0.262. The average Bonchev–Trinajstić information content (AvgIpc) is 3.33. The number of fused-ring (bicyclic) bond motifs is 1. The molecule has 0 saturated heterocycles. The molecule has 0 saturated carbocycles. The second-order valence-electron chi connectivity index (χ2n) is 6.50. The predicted molar refractivity (Wildman–Crippen MR) is 101 cm³/mol. The summed E-state index contributed by atoms with van der Waals surface area (Å²) in [6.07, 6.45) is 4.56. The highest BCUT2D eigenvalue weighted by atomic mass is 19.1. The molecule has 1 aromatic carbocycles. The number of methoxy groups -OCH3 is 1. The number of aliphatic hydroxyl groups excluding tert-OH is 1. The molecule has 0 spiro atoms.